The van der Waals surface area contributed by atoms with Crippen LogP contribution in [0.5, 0.6) is 0 Å². The summed E-state index contributed by atoms with van der Waals surface area (Å²) in [6.45, 7) is 5.87. The molecule has 1 aromatic rings. The zero-order valence-electron chi connectivity index (χ0n) is 17.0. The summed E-state index contributed by atoms with van der Waals surface area (Å²) in [6, 6.07) is 9.88. The number of hydrogen-bond donors (Lipinski definition) is 1. The molecule has 0 heterocycles. The van der Waals surface area contributed by atoms with Gasteiger partial charge in [-0.2, -0.15) is 0 Å². The Labute approximate surface area is 166 Å². The molecule has 1 rings (SSSR count). The first-order valence-electron chi connectivity index (χ1n) is 9.71. The van der Waals surface area contributed by atoms with E-state index in [9.17, 15) is 14.4 Å². The van der Waals surface area contributed by atoms with Gasteiger partial charge in [-0.1, -0.05) is 36.8 Å². The molecule has 7 nitrogen and oxygen atoms in total. The number of amides is 1. The smallest absolute Gasteiger partial charge is 0.343 e. The molecule has 0 saturated carbocycles. The molecule has 1 N–H and O–H groups in total. The van der Waals surface area contributed by atoms with Gasteiger partial charge in [0.25, 0.3) is 0 Å². The van der Waals surface area contributed by atoms with Crippen molar-refractivity contribution in [2.24, 2.45) is 0 Å². The molecule has 0 radical (unpaired) electrons. The van der Waals surface area contributed by atoms with E-state index in [1.54, 1.807) is 13.8 Å². The number of benzene rings is 1. The van der Waals surface area contributed by atoms with Crippen molar-refractivity contribution >= 4 is 17.8 Å². The molecule has 0 saturated heterocycles. The number of rotatable bonds is 13. The minimum atomic E-state index is -1.80. The van der Waals surface area contributed by atoms with E-state index in [4.69, 9.17) is 14.2 Å². The second-order valence-electron chi connectivity index (χ2n) is 6.38. The van der Waals surface area contributed by atoms with E-state index in [1.165, 1.54) is 6.92 Å². The first-order valence-corrected chi connectivity index (χ1v) is 9.71. The molecular weight excluding hydrogens is 362 g/mol. The van der Waals surface area contributed by atoms with Crippen molar-refractivity contribution in [2.75, 3.05) is 19.8 Å². The van der Waals surface area contributed by atoms with Crippen LogP contribution in [-0.2, 0) is 35.2 Å². The Balaban J connectivity index is 2.56. The molecule has 0 aromatic heterocycles. The van der Waals surface area contributed by atoms with Crippen molar-refractivity contribution in [3.63, 3.8) is 0 Å². The Bertz CT molecular complexity index is 599. The summed E-state index contributed by atoms with van der Waals surface area (Å²) in [4.78, 5) is 36.6. The van der Waals surface area contributed by atoms with Gasteiger partial charge in [0.1, 0.15) is 0 Å². The van der Waals surface area contributed by atoms with Crippen LogP contribution < -0.4 is 5.32 Å². The monoisotopic (exact) mass is 393 g/mol. The van der Waals surface area contributed by atoms with Crippen LogP contribution >= 0.6 is 0 Å². The molecule has 7 heteroatoms. The topological polar surface area (TPSA) is 90.9 Å². The average molecular weight is 393 g/mol. The maximum Gasteiger partial charge on any atom is 0.343 e. The van der Waals surface area contributed by atoms with Crippen LogP contribution in [0.25, 0.3) is 0 Å². The zero-order chi connectivity index (χ0) is 20.8. The molecule has 156 valence electrons. The minimum absolute atomic E-state index is 0.104. The summed E-state index contributed by atoms with van der Waals surface area (Å²) in [5.41, 5.74) is -0.695. The van der Waals surface area contributed by atoms with Crippen molar-refractivity contribution in [1.29, 1.82) is 0 Å². The van der Waals surface area contributed by atoms with Crippen molar-refractivity contribution in [1.82, 2.24) is 5.32 Å². The van der Waals surface area contributed by atoms with Gasteiger partial charge in [0.2, 0.25) is 11.4 Å². The summed E-state index contributed by atoms with van der Waals surface area (Å²) in [5, 5.41) is 2.47. The van der Waals surface area contributed by atoms with E-state index in [0.29, 0.717) is 19.6 Å². The second kappa shape index (κ2) is 12.9. The Morgan fingerprint density at radius 1 is 0.929 bits per heavy atom. The SMILES string of the molecule is CCOC(=O)C(CCCCCOCc1ccccc1)(NC(C)=O)C(=O)OCC. The molecule has 1 amide bonds. The number of esters is 2. The lowest BCUT2D eigenvalue weighted by molar-refractivity contribution is -0.168. The van der Waals surface area contributed by atoms with Crippen molar-refractivity contribution in [3.05, 3.63) is 35.9 Å². The first-order chi connectivity index (χ1) is 13.5. The minimum Gasteiger partial charge on any atom is -0.464 e. The molecular formula is C21H31NO6. The van der Waals surface area contributed by atoms with Crippen LogP contribution in [-0.4, -0.2) is 43.2 Å². The van der Waals surface area contributed by atoms with E-state index in [2.05, 4.69) is 5.32 Å². The van der Waals surface area contributed by atoms with Gasteiger partial charge >= 0.3 is 11.9 Å². The molecule has 1 aromatic carbocycles. The van der Waals surface area contributed by atoms with E-state index in [0.717, 1.165) is 18.4 Å². The van der Waals surface area contributed by atoms with Crippen LogP contribution in [0.4, 0.5) is 0 Å². The summed E-state index contributed by atoms with van der Waals surface area (Å²) >= 11 is 0. The molecule has 0 aliphatic carbocycles. The Morgan fingerprint density at radius 3 is 2.07 bits per heavy atom. The van der Waals surface area contributed by atoms with E-state index < -0.39 is 23.4 Å². The normalized spacial score (nSPS) is 11.0. The van der Waals surface area contributed by atoms with E-state index in [-0.39, 0.29) is 19.6 Å². The molecule has 0 aliphatic rings. The molecule has 28 heavy (non-hydrogen) atoms. The predicted octanol–water partition coefficient (Wildman–Crippen LogP) is 2.76. The van der Waals surface area contributed by atoms with Crippen molar-refractivity contribution in [2.45, 2.75) is 58.6 Å². The number of nitrogens with one attached hydrogen (secondary N) is 1. The largest absolute Gasteiger partial charge is 0.464 e. The highest BCUT2D eigenvalue weighted by Crippen LogP contribution is 2.20. The van der Waals surface area contributed by atoms with Gasteiger partial charge in [-0.25, -0.2) is 9.59 Å². The highest BCUT2D eigenvalue weighted by molar-refractivity contribution is 6.07. The number of carbonyl (C=O) groups excluding carboxylic acids is 3. The number of hydrogen-bond acceptors (Lipinski definition) is 6. The Kier molecular flexibility index (Phi) is 10.9. The van der Waals surface area contributed by atoms with Crippen LogP contribution in [0.3, 0.4) is 0 Å². The lowest BCUT2D eigenvalue weighted by Crippen LogP contribution is -2.61. The predicted molar refractivity (Wildman–Crippen MR) is 104 cm³/mol. The summed E-state index contributed by atoms with van der Waals surface area (Å²) < 4.78 is 15.7. The van der Waals surface area contributed by atoms with Crippen molar-refractivity contribution < 1.29 is 28.6 Å². The Hall–Kier alpha value is -2.41. The third-order valence-corrected chi connectivity index (χ3v) is 4.09. The summed E-state index contributed by atoms with van der Waals surface area (Å²) in [6.07, 6.45) is 2.15. The highest BCUT2D eigenvalue weighted by atomic mass is 16.6. The van der Waals surface area contributed by atoms with Crippen LogP contribution in [0.15, 0.2) is 30.3 Å². The van der Waals surface area contributed by atoms with Gasteiger partial charge in [0, 0.05) is 13.5 Å². The van der Waals surface area contributed by atoms with Gasteiger partial charge in [0.15, 0.2) is 0 Å². The number of ether oxygens (including phenoxy) is 3. The fourth-order valence-electron chi connectivity index (χ4n) is 2.80. The lowest BCUT2D eigenvalue weighted by Gasteiger charge is -2.29. The maximum absolute atomic E-state index is 12.5. The Morgan fingerprint density at radius 2 is 1.54 bits per heavy atom. The fourth-order valence-corrected chi connectivity index (χ4v) is 2.80. The lowest BCUT2D eigenvalue weighted by atomic mass is 9.91. The molecule has 0 aliphatic heterocycles. The maximum atomic E-state index is 12.5. The zero-order valence-corrected chi connectivity index (χ0v) is 17.0. The molecule has 0 bridgehead atoms. The summed E-state index contributed by atoms with van der Waals surface area (Å²) in [7, 11) is 0. The van der Waals surface area contributed by atoms with Gasteiger partial charge in [0.05, 0.1) is 19.8 Å². The van der Waals surface area contributed by atoms with Gasteiger partial charge < -0.3 is 19.5 Å². The standard InChI is InChI=1S/C21H31NO6/c1-4-27-19(24)21(22-17(3)23,20(25)28-5-2)14-10-7-11-15-26-16-18-12-8-6-9-13-18/h6,8-9,12-13H,4-5,7,10-11,14-16H2,1-3H3,(H,22,23). The molecule has 0 atom stereocenters. The molecule has 0 spiro atoms. The van der Waals surface area contributed by atoms with E-state index in [1.807, 2.05) is 30.3 Å². The molecule has 0 fully saturated rings. The van der Waals surface area contributed by atoms with Crippen molar-refractivity contribution in [3.8, 4) is 0 Å². The van der Waals surface area contributed by atoms with Crippen LogP contribution in [0.1, 0.15) is 52.0 Å². The molecule has 0 unspecified atom stereocenters. The number of carbonyl (C=O) groups is 3. The second-order valence-corrected chi connectivity index (χ2v) is 6.38. The van der Waals surface area contributed by atoms with Gasteiger partial charge in [-0.15, -0.1) is 0 Å². The first kappa shape index (κ1) is 23.6. The van der Waals surface area contributed by atoms with Crippen LogP contribution in [0, 0.1) is 0 Å². The van der Waals surface area contributed by atoms with Crippen LogP contribution in [0.2, 0.25) is 0 Å². The van der Waals surface area contributed by atoms with Gasteiger partial charge in [-0.05, 0) is 38.7 Å². The van der Waals surface area contributed by atoms with E-state index >= 15 is 0 Å². The average Bonchev–Trinajstić information content (AvgIpc) is 2.67. The third kappa shape index (κ3) is 7.68. The van der Waals surface area contributed by atoms with Gasteiger partial charge in [-0.3, -0.25) is 4.79 Å². The highest BCUT2D eigenvalue weighted by Gasteiger charge is 2.49. The quantitative estimate of drug-likeness (QED) is 0.315. The number of unbranched alkanes of at least 4 members (excludes halogenated alkanes) is 2. The fraction of sp³-hybridized carbons (Fsp3) is 0.571. The third-order valence-electron chi connectivity index (χ3n) is 4.09. The summed E-state index contributed by atoms with van der Waals surface area (Å²) in [5.74, 6) is -2.07.